The minimum absolute atomic E-state index is 0.0260. The van der Waals surface area contributed by atoms with Gasteiger partial charge in [-0.05, 0) is 25.5 Å². The second-order valence-corrected chi connectivity index (χ2v) is 5.69. The summed E-state index contributed by atoms with van der Waals surface area (Å²) in [5.41, 5.74) is 4.41. The highest BCUT2D eigenvalue weighted by molar-refractivity contribution is 5.86. The first-order valence-electron chi connectivity index (χ1n) is 7.73. The molecule has 0 bridgehead atoms. The third-order valence-electron chi connectivity index (χ3n) is 3.73. The minimum Gasteiger partial charge on any atom is -0.395 e. The molecule has 3 rings (SSSR count). The smallest absolute Gasteiger partial charge is 0.229 e. The van der Waals surface area contributed by atoms with Crippen LogP contribution in [0, 0.1) is 13.8 Å². The summed E-state index contributed by atoms with van der Waals surface area (Å²) in [6.07, 6.45) is 3.22. The molecular weight excluding hydrogens is 304 g/mol. The van der Waals surface area contributed by atoms with Crippen LogP contribution in [0.1, 0.15) is 11.1 Å². The zero-order valence-electron chi connectivity index (χ0n) is 14.0. The molecule has 3 aromatic rings. The fourth-order valence-electron chi connectivity index (χ4n) is 2.44. The minimum atomic E-state index is 0.0260. The van der Waals surface area contributed by atoms with Gasteiger partial charge in [-0.1, -0.05) is 17.7 Å². The van der Waals surface area contributed by atoms with Crippen LogP contribution < -0.4 is 10.2 Å². The standard InChI is InChI=1S/C17H20N6O/c1-11-4-5-13(12(2)10-11)20-16-14-15(19-7-6-18-14)21-17(22-16)23(3)8-9-24/h4-7,10,24H,8-9H2,1-3H3,(H,19,20,21,22). The first kappa shape index (κ1) is 16.1. The number of aromatic nitrogens is 4. The van der Waals surface area contributed by atoms with E-state index in [-0.39, 0.29) is 6.61 Å². The van der Waals surface area contributed by atoms with Crippen molar-refractivity contribution < 1.29 is 5.11 Å². The summed E-state index contributed by atoms with van der Waals surface area (Å²) in [6, 6.07) is 6.17. The third kappa shape index (κ3) is 3.26. The van der Waals surface area contributed by atoms with E-state index < -0.39 is 0 Å². The average Bonchev–Trinajstić information content (AvgIpc) is 2.57. The number of anilines is 3. The second kappa shape index (κ2) is 6.76. The molecule has 0 saturated heterocycles. The van der Waals surface area contributed by atoms with Gasteiger partial charge in [0.15, 0.2) is 17.0 Å². The van der Waals surface area contributed by atoms with Crippen molar-refractivity contribution in [1.82, 2.24) is 19.9 Å². The zero-order valence-corrected chi connectivity index (χ0v) is 14.0. The SMILES string of the molecule is Cc1ccc(Nc2nc(N(C)CCO)nc3nccnc23)c(C)c1. The van der Waals surface area contributed by atoms with Crippen LogP contribution >= 0.6 is 0 Å². The first-order valence-corrected chi connectivity index (χ1v) is 7.73. The van der Waals surface area contributed by atoms with E-state index in [1.54, 1.807) is 17.3 Å². The fraction of sp³-hybridized carbons (Fsp3) is 0.294. The lowest BCUT2D eigenvalue weighted by Gasteiger charge is -2.18. The van der Waals surface area contributed by atoms with Crippen LogP contribution in [-0.4, -0.2) is 45.2 Å². The number of nitrogens with zero attached hydrogens (tertiary/aromatic N) is 5. The lowest BCUT2D eigenvalue weighted by atomic mass is 10.1. The Bertz CT molecular complexity index is 867. The van der Waals surface area contributed by atoms with Gasteiger partial charge in [-0.15, -0.1) is 0 Å². The third-order valence-corrected chi connectivity index (χ3v) is 3.73. The summed E-state index contributed by atoms with van der Waals surface area (Å²) in [6.45, 7) is 4.57. The summed E-state index contributed by atoms with van der Waals surface area (Å²) in [5, 5.41) is 12.5. The number of aliphatic hydroxyl groups is 1. The highest BCUT2D eigenvalue weighted by Crippen LogP contribution is 2.25. The van der Waals surface area contributed by atoms with Gasteiger partial charge in [0.25, 0.3) is 0 Å². The van der Waals surface area contributed by atoms with Gasteiger partial charge in [0.2, 0.25) is 5.95 Å². The van der Waals surface area contributed by atoms with Gasteiger partial charge < -0.3 is 15.3 Å². The predicted octanol–water partition coefficient (Wildman–Crippen LogP) is 2.21. The molecule has 2 aromatic heterocycles. The maximum absolute atomic E-state index is 9.14. The molecule has 0 unspecified atom stereocenters. The number of hydrogen-bond acceptors (Lipinski definition) is 7. The van der Waals surface area contributed by atoms with Crippen molar-refractivity contribution in [2.45, 2.75) is 13.8 Å². The summed E-state index contributed by atoms with van der Waals surface area (Å²) < 4.78 is 0. The second-order valence-electron chi connectivity index (χ2n) is 5.69. The Morgan fingerprint density at radius 2 is 1.92 bits per heavy atom. The van der Waals surface area contributed by atoms with Gasteiger partial charge in [0.1, 0.15) is 0 Å². The fourth-order valence-corrected chi connectivity index (χ4v) is 2.44. The lowest BCUT2D eigenvalue weighted by Crippen LogP contribution is -2.23. The predicted molar refractivity (Wildman–Crippen MR) is 94.7 cm³/mol. The van der Waals surface area contributed by atoms with Crippen molar-refractivity contribution in [3.05, 3.63) is 41.7 Å². The van der Waals surface area contributed by atoms with Gasteiger partial charge in [-0.3, -0.25) is 0 Å². The van der Waals surface area contributed by atoms with Gasteiger partial charge in [0.05, 0.1) is 6.61 Å². The van der Waals surface area contributed by atoms with Gasteiger partial charge in [-0.2, -0.15) is 9.97 Å². The quantitative estimate of drug-likeness (QED) is 0.744. The first-order chi connectivity index (χ1) is 11.6. The Morgan fingerprint density at radius 3 is 2.67 bits per heavy atom. The number of hydrogen-bond donors (Lipinski definition) is 2. The van der Waals surface area contributed by atoms with E-state index in [4.69, 9.17) is 5.11 Å². The molecule has 0 spiro atoms. The van der Waals surface area contributed by atoms with Crippen LogP contribution in [0.25, 0.3) is 11.2 Å². The van der Waals surface area contributed by atoms with E-state index in [9.17, 15) is 0 Å². The molecule has 7 heteroatoms. The molecule has 2 N–H and O–H groups in total. The number of likely N-dealkylation sites (N-methyl/N-ethyl adjacent to an activating group) is 1. The molecule has 0 aliphatic carbocycles. The molecule has 0 aliphatic heterocycles. The van der Waals surface area contributed by atoms with Crippen LogP contribution in [0.3, 0.4) is 0 Å². The number of nitrogens with one attached hydrogen (secondary N) is 1. The Hall–Kier alpha value is -2.80. The summed E-state index contributed by atoms with van der Waals surface area (Å²) >= 11 is 0. The van der Waals surface area contributed by atoms with E-state index in [2.05, 4.69) is 38.2 Å². The monoisotopic (exact) mass is 324 g/mol. The molecule has 0 saturated carbocycles. The van der Waals surface area contributed by atoms with E-state index >= 15 is 0 Å². The van der Waals surface area contributed by atoms with Crippen LogP contribution in [0.2, 0.25) is 0 Å². The lowest BCUT2D eigenvalue weighted by molar-refractivity contribution is 0.303. The zero-order chi connectivity index (χ0) is 17.1. The highest BCUT2D eigenvalue weighted by atomic mass is 16.3. The molecule has 0 amide bonds. The van der Waals surface area contributed by atoms with Crippen molar-refractivity contribution in [3.63, 3.8) is 0 Å². The van der Waals surface area contributed by atoms with Gasteiger partial charge >= 0.3 is 0 Å². The van der Waals surface area contributed by atoms with Crippen molar-refractivity contribution >= 4 is 28.6 Å². The van der Waals surface area contributed by atoms with Crippen LogP contribution in [0.4, 0.5) is 17.5 Å². The maximum atomic E-state index is 9.14. The molecule has 0 radical (unpaired) electrons. The topological polar surface area (TPSA) is 87.1 Å². The Morgan fingerprint density at radius 1 is 1.12 bits per heavy atom. The molecule has 2 heterocycles. The molecule has 24 heavy (non-hydrogen) atoms. The highest BCUT2D eigenvalue weighted by Gasteiger charge is 2.13. The Labute approximate surface area is 140 Å². The molecule has 124 valence electrons. The Kier molecular flexibility index (Phi) is 4.52. The van der Waals surface area contributed by atoms with Crippen molar-refractivity contribution in [3.8, 4) is 0 Å². The number of benzene rings is 1. The molecule has 0 aliphatic rings. The number of rotatable bonds is 5. The molecule has 0 fully saturated rings. The normalized spacial score (nSPS) is 10.8. The van der Waals surface area contributed by atoms with Crippen molar-refractivity contribution in [2.24, 2.45) is 0 Å². The van der Waals surface area contributed by atoms with E-state index in [0.29, 0.717) is 29.5 Å². The largest absolute Gasteiger partial charge is 0.395 e. The molecule has 7 nitrogen and oxygen atoms in total. The van der Waals surface area contributed by atoms with E-state index in [0.717, 1.165) is 11.3 Å². The molecule has 1 aromatic carbocycles. The summed E-state index contributed by atoms with van der Waals surface area (Å²) in [5.74, 6) is 1.09. The Balaban J connectivity index is 2.07. The van der Waals surface area contributed by atoms with E-state index in [1.807, 2.05) is 26.1 Å². The number of fused-ring (bicyclic) bond motifs is 1. The number of aliphatic hydroxyl groups excluding tert-OH is 1. The average molecular weight is 324 g/mol. The number of aryl methyl sites for hydroxylation is 2. The maximum Gasteiger partial charge on any atom is 0.229 e. The molecule has 0 atom stereocenters. The van der Waals surface area contributed by atoms with Gasteiger partial charge in [0, 0.05) is 31.7 Å². The summed E-state index contributed by atoms with van der Waals surface area (Å²) in [4.78, 5) is 19.4. The van der Waals surface area contributed by atoms with Crippen LogP contribution in [0.15, 0.2) is 30.6 Å². The van der Waals surface area contributed by atoms with Crippen LogP contribution in [0.5, 0.6) is 0 Å². The van der Waals surface area contributed by atoms with Crippen molar-refractivity contribution in [1.29, 1.82) is 0 Å². The van der Waals surface area contributed by atoms with Crippen LogP contribution in [-0.2, 0) is 0 Å². The van der Waals surface area contributed by atoms with Gasteiger partial charge in [-0.25, -0.2) is 9.97 Å². The molecular formula is C17H20N6O. The van der Waals surface area contributed by atoms with Crippen molar-refractivity contribution in [2.75, 3.05) is 30.4 Å². The summed E-state index contributed by atoms with van der Waals surface area (Å²) in [7, 11) is 1.83. The van der Waals surface area contributed by atoms with E-state index in [1.165, 1.54) is 5.56 Å².